The Labute approximate surface area is 89.3 Å². The first-order chi connectivity index (χ1) is 7.29. The fourth-order valence-electron chi connectivity index (χ4n) is 1.48. The highest BCUT2D eigenvalue weighted by molar-refractivity contribution is 5.52. The van der Waals surface area contributed by atoms with Crippen molar-refractivity contribution in [3.63, 3.8) is 0 Å². The number of ether oxygens (including phenoxy) is 1. The van der Waals surface area contributed by atoms with Gasteiger partial charge in [-0.15, -0.1) is 0 Å². The normalized spacial score (nSPS) is 17.2. The zero-order chi connectivity index (χ0) is 10.7. The average Bonchev–Trinajstić information content (AvgIpc) is 3.02. The van der Waals surface area contributed by atoms with E-state index in [0.717, 1.165) is 24.4 Å². The summed E-state index contributed by atoms with van der Waals surface area (Å²) in [5.41, 5.74) is -0.153. The third-order valence-electron chi connectivity index (χ3n) is 2.61. The van der Waals surface area contributed by atoms with Crippen molar-refractivity contribution < 1.29 is 9.84 Å². The Bertz CT molecular complexity index is 337. The van der Waals surface area contributed by atoms with E-state index in [1.807, 2.05) is 19.1 Å². The van der Waals surface area contributed by atoms with Gasteiger partial charge in [0.1, 0.15) is 0 Å². The van der Waals surface area contributed by atoms with Crippen LogP contribution < -0.4 is 10.1 Å². The molecule has 0 bridgehead atoms. The molecule has 1 heterocycles. The number of nitrogens with one attached hydrogen (secondary N) is 1. The first-order valence-electron chi connectivity index (χ1n) is 5.26. The van der Waals surface area contributed by atoms with E-state index in [1.54, 1.807) is 6.20 Å². The molecule has 0 unspecified atom stereocenters. The molecule has 2 rings (SSSR count). The third kappa shape index (κ3) is 2.21. The smallest absolute Gasteiger partial charge is 0.169 e. The Hall–Kier alpha value is -1.29. The van der Waals surface area contributed by atoms with Gasteiger partial charge in [-0.1, -0.05) is 0 Å². The Morgan fingerprint density at radius 3 is 3.00 bits per heavy atom. The van der Waals surface area contributed by atoms with Gasteiger partial charge in [-0.3, -0.25) is 0 Å². The van der Waals surface area contributed by atoms with Crippen molar-refractivity contribution >= 4 is 5.82 Å². The minimum atomic E-state index is -0.153. The van der Waals surface area contributed by atoms with Gasteiger partial charge in [0.2, 0.25) is 0 Å². The Morgan fingerprint density at radius 2 is 2.40 bits per heavy atom. The molecule has 1 aliphatic rings. The number of aromatic nitrogens is 1. The van der Waals surface area contributed by atoms with E-state index in [2.05, 4.69) is 10.3 Å². The van der Waals surface area contributed by atoms with E-state index < -0.39 is 0 Å². The maximum Gasteiger partial charge on any atom is 0.169 e. The molecule has 1 aliphatic carbocycles. The summed E-state index contributed by atoms with van der Waals surface area (Å²) in [7, 11) is 0. The molecule has 4 nitrogen and oxygen atoms in total. The van der Waals surface area contributed by atoms with Crippen LogP contribution in [0.4, 0.5) is 5.82 Å². The molecular formula is C11H16N2O2. The van der Waals surface area contributed by atoms with Gasteiger partial charge < -0.3 is 15.2 Å². The van der Waals surface area contributed by atoms with Gasteiger partial charge >= 0.3 is 0 Å². The largest absolute Gasteiger partial charge is 0.490 e. The SMILES string of the molecule is CCOc1cccnc1NC1(CO)CC1. The molecule has 1 saturated carbocycles. The van der Waals surface area contributed by atoms with Crippen LogP contribution in [0.15, 0.2) is 18.3 Å². The lowest BCUT2D eigenvalue weighted by Gasteiger charge is -2.17. The number of aliphatic hydroxyl groups is 1. The van der Waals surface area contributed by atoms with Crippen LogP contribution in [-0.4, -0.2) is 28.8 Å². The summed E-state index contributed by atoms with van der Waals surface area (Å²) in [4.78, 5) is 4.22. The van der Waals surface area contributed by atoms with E-state index >= 15 is 0 Å². The summed E-state index contributed by atoms with van der Waals surface area (Å²) in [6.07, 6.45) is 3.70. The van der Waals surface area contributed by atoms with E-state index in [0.29, 0.717) is 6.61 Å². The van der Waals surface area contributed by atoms with Crippen LogP contribution in [0.2, 0.25) is 0 Å². The van der Waals surface area contributed by atoms with E-state index in [9.17, 15) is 5.11 Å². The molecule has 1 aromatic heterocycles. The van der Waals surface area contributed by atoms with Crippen molar-refractivity contribution in [1.29, 1.82) is 0 Å². The van der Waals surface area contributed by atoms with Crippen molar-refractivity contribution in [1.82, 2.24) is 4.98 Å². The van der Waals surface area contributed by atoms with Crippen LogP contribution in [0.5, 0.6) is 5.75 Å². The van der Waals surface area contributed by atoms with Crippen molar-refractivity contribution in [2.24, 2.45) is 0 Å². The maximum absolute atomic E-state index is 9.21. The molecule has 0 spiro atoms. The average molecular weight is 208 g/mol. The number of hydrogen-bond acceptors (Lipinski definition) is 4. The second kappa shape index (κ2) is 4.06. The van der Waals surface area contributed by atoms with Crippen LogP contribution in [0.3, 0.4) is 0 Å². The Kier molecular flexibility index (Phi) is 2.77. The molecule has 0 aromatic carbocycles. The molecule has 1 fully saturated rings. The molecule has 4 heteroatoms. The van der Waals surface area contributed by atoms with Crippen LogP contribution >= 0.6 is 0 Å². The zero-order valence-electron chi connectivity index (χ0n) is 8.86. The lowest BCUT2D eigenvalue weighted by molar-refractivity contribution is 0.265. The molecule has 1 aromatic rings. The van der Waals surface area contributed by atoms with Crippen LogP contribution in [0.1, 0.15) is 19.8 Å². The lowest BCUT2D eigenvalue weighted by Crippen LogP contribution is -2.26. The number of aliphatic hydroxyl groups excluding tert-OH is 1. The first-order valence-corrected chi connectivity index (χ1v) is 5.26. The molecule has 0 atom stereocenters. The van der Waals surface area contributed by atoms with Gasteiger partial charge in [-0.05, 0) is 31.9 Å². The van der Waals surface area contributed by atoms with Crippen LogP contribution in [-0.2, 0) is 0 Å². The summed E-state index contributed by atoms with van der Waals surface area (Å²) in [6.45, 7) is 2.71. The van der Waals surface area contributed by atoms with Gasteiger partial charge in [-0.2, -0.15) is 0 Å². The van der Waals surface area contributed by atoms with Gasteiger partial charge in [-0.25, -0.2) is 4.98 Å². The molecule has 82 valence electrons. The third-order valence-corrected chi connectivity index (χ3v) is 2.61. The molecule has 2 N–H and O–H groups in total. The van der Waals surface area contributed by atoms with E-state index in [4.69, 9.17) is 4.74 Å². The minimum absolute atomic E-state index is 0.148. The van der Waals surface area contributed by atoms with Crippen LogP contribution in [0, 0.1) is 0 Å². The van der Waals surface area contributed by atoms with Gasteiger partial charge in [0, 0.05) is 6.20 Å². The Balaban J connectivity index is 2.13. The van der Waals surface area contributed by atoms with Crippen molar-refractivity contribution in [3.8, 4) is 5.75 Å². The fourth-order valence-corrected chi connectivity index (χ4v) is 1.48. The second-order valence-electron chi connectivity index (χ2n) is 3.85. The predicted molar refractivity (Wildman–Crippen MR) is 58.1 cm³/mol. The van der Waals surface area contributed by atoms with Gasteiger partial charge in [0.05, 0.1) is 18.8 Å². The summed E-state index contributed by atoms with van der Waals surface area (Å²) in [6, 6.07) is 3.72. The highest BCUT2D eigenvalue weighted by atomic mass is 16.5. The second-order valence-corrected chi connectivity index (χ2v) is 3.85. The monoisotopic (exact) mass is 208 g/mol. The van der Waals surface area contributed by atoms with Crippen molar-refractivity contribution in [2.75, 3.05) is 18.5 Å². The van der Waals surface area contributed by atoms with Gasteiger partial charge in [0.25, 0.3) is 0 Å². The van der Waals surface area contributed by atoms with Gasteiger partial charge in [0.15, 0.2) is 11.6 Å². The summed E-state index contributed by atoms with van der Waals surface area (Å²) >= 11 is 0. The van der Waals surface area contributed by atoms with E-state index in [1.165, 1.54) is 0 Å². The molecule has 0 aliphatic heterocycles. The molecule has 0 saturated heterocycles. The molecular weight excluding hydrogens is 192 g/mol. The Morgan fingerprint density at radius 1 is 1.60 bits per heavy atom. The van der Waals surface area contributed by atoms with E-state index in [-0.39, 0.29) is 12.1 Å². The van der Waals surface area contributed by atoms with Crippen molar-refractivity contribution in [2.45, 2.75) is 25.3 Å². The highest BCUT2D eigenvalue weighted by Gasteiger charge is 2.42. The summed E-state index contributed by atoms with van der Waals surface area (Å²) in [5, 5.41) is 12.5. The van der Waals surface area contributed by atoms with Crippen molar-refractivity contribution in [3.05, 3.63) is 18.3 Å². The quantitative estimate of drug-likeness (QED) is 0.768. The molecule has 0 amide bonds. The topological polar surface area (TPSA) is 54.4 Å². The number of pyridine rings is 1. The summed E-state index contributed by atoms with van der Waals surface area (Å²) < 4.78 is 5.45. The first kappa shape index (κ1) is 10.2. The number of nitrogens with zero attached hydrogens (tertiary/aromatic N) is 1. The lowest BCUT2D eigenvalue weighted by atomic mass is 10.3. The highest BCUT2D eigenvalue weighted by Crippen LogP contribution is 2.39. The standard InChI is InChI=1S/C11H16N2O2/c1-2-15-9-4-3-7-12-10(9)13-11(8-14)5-6-11/h3-4,7,14H,2,5-6,8H2,1H3,(H,12,13). The summed E-state index contributed by atoms with van der Waals surface area (Å²) in [5.74, 6) is 1.48. The number of rotatable bonds is 5. The van der Waals surface area contributed by atoms with Crippen LogP contribution in [0.25, 0.3) is 0 Å². The molecule has 0 radical (unpaired) electrons. The fraction of sp³-hybridized carbons (Fsp3) is 0.545. The zero-order valence-corrected chi connectivity index (χ0v) is 8.86. The minimum Gasteiger partial charge on any atom is -0.490 e. The maximum atomic E-state index is 9.21. The number of anilines is 1. The number of hydrogen-bond donors (Lipinski definition) is 2. The molecule has 15 heavy (non-hydrogen) atoms. The predicted octanol–water partition coefficient (Wildman–Crippen LogP) is 1.42.